The fourth-order valence-electron chi connectivity index (χ4n) is 2.02. The Bertz CT molecular complexity index is 450. The molecule has 1 aromatic rings. The van der Waals surface area contributed by atoms with Gasteiger partial charge < -0.3 is 25.0 Å². The molecule has 0 spiro atoms. The molecule has 0 amide bonds. The predicted octanol–water partition coefficient (Wildman–Crippen LogP) is -1.27. The van der Waals surface area contributed by atoms with Crippen molar-refractivity contribution in [2.45, 2.75) is 24.5 Å². The van der Waals surface area contributed by atoms with Gasteiger partial charge in [-0.1, -0.05) is 6.58 Å². The van der Waals surface area contributed by atoms with Gasteiger partial charge in [0.05, 0.1) is 12.3 Å². The third-order valence-corrected chi connectivity index (χ3v) is 3.10. The van der Waals surface area contributed by atoms with E-state index >= 15 is 0 Å². The third-order valence-electron chi connectivity index (χ3n) is 3.10. The van der Waals surface area contributed by atoms with Crippen molar-refractivity contribution in [2.75, 3.05) is 20.8 Å². The van der Waals surface area contributed by atoms with E-state index in [1.807, 2.05) is 0 Å². The Morgan fingerprint density at radius 1 is 1.68 bits per heavy atom. The van der Waals surface area contributed by atoms with Crippen LogP contribution in [0.25, 0.3) is 5.70 Å². The van der Waals surface area contributed by atoms with Crippen LogP contribution >= 0.6 is 0 Å². The number of aromatic nitrogens is 3. The van der Waals surface area contributed by atoms with Gasteiger partial charge in [-0.15, -0.1) is 5.10 Å². The van der Waals surface area contributed by atoms with Crippen molar-refractivity contribution in [2.24, 2.45) is 0 Å². The average Bonchev–Trinajstić information content (AvgIpc) is 3.01. The molecule has 106 valence electrons. The van der Waals surface area contributed by atoms with Gasteiger partial charge in [0.1, 0.15) is 24.6 Å². The molecule has 8 heteroatoms. The van der Waals surface area contributed by atoms with E-state index in [1.54, 1.807) is 7.05 Å². The average molecular weight is 270 g/mol. The Morgan fingerprint density at radius 2 is 2.42 bits per heavy atom. The molecule has 0 aliphatic carbocycles. The number of nitrogens with one attached hydrogen (secondary N) is 1. The van der Waals surface area contributed by atoms with Gasteiger partial charge in [0.25, 0.3) is 0 Å². The molecule has 8 nitrogen and oxygen atoms in total. The van der Waals surface area contributed by atoms with Crippen LogP contribution in [0.5, 0.6) is 0 Å². The normalized spacial score (nSPS) is 30.5. The van der Waals surface area contributed by atoms with Crippen LogP contribution in [0.1, 0.15) is 12.1 Å². The number of hydrogen-bond acceptors (Lipinski definition) is 7. The van der Waals surface area contributed by atoms with Crippen molar-refractivity contribution in [1.29, 1.82) is 0 Å². The predicted molar refractivity (Wildman–Crippen MR) is 65.9 cm³/mol. The lowest BCUT2D eigenvalue weighted by molar-refractivity contribution is -0.0602. The van der Waals surface area contributed by atoms with Crippen LogP contribution in [0.4, 0.5) is 0 Å². The van der Waals surface area contributed by atoms with Crippen molar-refractivity contribution in [3.63, 3.8) is 0 Å². The molecule has 4 atom stereocenters. The van der Waals surface area contributed by atoms with Crippen LogP contribution in [0, 0.1) is 0 Å². The number of methoxy groups -OCH3 is 1. The standard InChI is InChI=1S/C11H18N4O4/c1-6(12-2)10-13-5-15(14-10)11-8(17)9(18-3)7(4-16)19-11/h5,7-9,11-12,16-17H,1,4H2,2-3H3/t7-,8-,9-,11-/m1/s1. The summed E-state index contributed by atoms with van der Waals surface area (Å²) in [6.45, 7) is 3.51. The number of nitrogens with zero attached hydrogens (tertiary/aromatic N) is 3. The highest BCUT2D eigenvalue weighted by molar-refractivity contribution is 5.53. The fraction of sp³-hybridized carbons (Fsp3) is 0.636. The maximum atomic E-state index is 10.1. The molecule has 0 aromatic carbocycles. The van der Waals surface area contributed by atoms with E-state index in [9.17, 15) is 10.2 Å². The van der Waals surface area contributed by atoms with Gasteiger partial charge in [-0.25, -0.2) is 9.67 Å². The van der Waals surface area contributed by atoms with Gasteiger partial charge in [0.15, 0.2) is 12.1 Å². The maximum absolute atomic E-state index is 10.1. The number of aliphatic hydroxyl groups excluding tert-OH is 2. The van der Waals surface area contributed by atoms with Gasteiger partial charge >= 0.3 is 0 Å². The SMILES string of the molecule is C=C(NC)c1ncn([C@@H]2O[C@H](CO)[C@@H](OC)[C@H]2O)n1. The highest BCUT2D eigenvalue weighted by atomic mass is 16.6. The lowest BCUT2D eigenvalue weighted by Gasteiger charge is -2.16. The molecule has 1 aromatic heterocycles. The lowest BCUT2D eigenvalue weighted by Crippen LogP contribution is -2.35. The van der Waals surface area contributed by atoms with Crippen LogP contribution in [0.3, 0.4) is 0 Å². The molecule has 2 rings (SSSR count). The molecule has 0 saturated carbocycles. The Kier molecular flexibility index (Phi) is 4.15. The highest BCUT2D eigenvalue weighted by Gasteiger charge is 2.45. The molecule has 1 saturated heterocycles. The van der Waals surface area contributed by atoms with Gasteiger partial charge in [-0.2, -0.15) is 0 Å². The van der Waals surface area contributed by atoms with Gasteiger partial charge in [0, 0.05) is 14.2 Å². The minimum atomic E-state index is -0.931. The largest absolute Gasteiger partial charge is 0.394 e. The second-order valence-electron chi connectivity index (χ2n) is 4.22. The number of rotatable bonds is 5. The first-order chi connectivity index (χ1) is 9.12. The Labute approximate surface area is 110 Å². The van der Waals surface area contributed by atoms with Crippen LogP contribution in [-0.4, -0.2) is 64.1 Å². The smallest absolute Gasteiger partial charge is 0.196 e. The topological polar surface area (TPSA) is 102 Å². The molecule has 2 heterocycles. The van der Waals surface area contributed by atoms with Crippen molar-refractivity contribution in [3.05, 3.63) is 18.7 Å². The van der Waals surface area contributed by atoms with Crippen molar-refractivity contribution in [1.82, 2.24) is 20.1 Å². The number of ether oxygens (including phenoxy) is 2. The summed E-state index contributed by atoms with van der Waals surface area (Å²) in [5, 5.41) is 26.3. The minimum absolute atomic E-state index is 0.239. The summed E-state index contributed by atoms with van der Waals surface area (Å²) in [7, 11) is 3.17. The lowest BCUT2D eigenvalue weighted by atomic mass is 10.1. The van der Waals surface area contributed by atoms with E-state index < -0.39 is 24.5 Å². The molecule has 0 radical (unpaired) electrons. The molecule has 3 N–H and O–H groups in total. The zero-order valence-electron chi connectivity index (χ0n) is 10.9. The first-order valence-electron chi connectivity index (χ1n) is 5.87. The van der Waals surface area contributed by atoms with Crippen LogP contribution < -0.4 is 5.32 Å². The van der Waals surface area contributed by atoms with E-state index in [0.29, 0.717) is 11.5 Å². The van der Waals surface area contributed by atoms with Gasteiger partial charge in [0.2, 0.25) is 0 Å². The molecule has 0 unspecified atom stereocenters. The zero-order chi connectivity index (χ0) is 14.0. The summed E-state index contributed by atoms with van der Waals surface area (Å²) >= 11 is 0. The Balaban J connectivity index is 2.18. The number of aliphatic hydroxyl groups is 2. The molecule has 1 aliphatic heterocycles. The van der Waals surface area contributed by atoms with Gasteiger partial charge in [-0.05, 0) is 0 Å². The van der Waals surface area contributed by atoms with Crippen LogP contribution in [-0.2, 0) is 9.47 Å². The summed E-state index contributed by atoms with van der Waals surface area (Å²) in [5.41, 5.74) is 0.563. The Morgan fingerprint density at radius 3 is 2.95 bits per heavy atom. The van der Waals surface area contributed by atoms with Crippen LogP contribution in [0.2, 0.25) is 0 Å². The quantitative estimate of drug-likeness (QED) is 0.613. The minimum Gasteiger partial charge on any atom is -0.394 e. The summed E-state index contributed by atoms with van der Waals surface area (Å²) < 4.78 is 12.0. The molecule has 1 fully saturated rings. The van der Waals surface area contributed by atoms with E-state index in [0.717, 1.165) is 0 Å². The van der Waals surface area contributed by atoms with E-state index in [1.165, 1.54) is 18.1 Å². The second kappa shape index (κ2) is 5.66. The zero-order valence-corrected chi connectivity index (χ0v) is 10.9. The summed E-state index contributed by atoms with van der Waals surface area (Å²) in [4.78, 5) is 4.06. The monoisotopic (exact) mass is 270 g/mol. The highest BCUT2D eigenvalue weighted by Crippen LogP contribution is 2.30. The second-order valence-corrected chi connectivity index (χ2v) is 4.22. The van der Waals surface area contributed by atoms with E-state index in [4.69, 9.17) is 9.47 Å². The first kappa shape index (κ1) is 13.9. The molecular formula is C11H18N4O4. The fourth-order valence-corrected chi connectivity index (χ4v) is 2.02. The first-order valence-corrected chi connectivity index (χ1v) is 5.87. The summed E-state index contributed by atoms with van der Waals surface area (Å²) in [5.74, 6) is 0.416. The number of hydrogen-bond donors (Lipinski definition) is 3. The van der Waals surface area contributed by atoms with Crippen LogP contribution in [0.15, 0.2) is 12.9 Å². The molecular weight excluding hydrogens is 252 g/mol. The summed E-state index contributed by atoms with van der Waals surface area (Å²) in [6.07, 6.45) is -1.43. The van der Waals surface area contributed by atoms with Crippen molar-refractivity contribution < 1.29 is 19.7 Å². The van der Waals surface area contributed by atoms with E-state index in [-0.39, 0.29) is 6.61 Å². The summed E-state index contributed by atoms with van der Waals surface area (Å²) in [6, 6.07) is 0. The van der Waals surface area contributed by atoms with Crippen molar-refractivity contribution >= 4 is 5.70 Å². The van der Waals surface area contributed by atoms with Crippen molar-refractivity contribution in [3.8, 4) is 0 Å². The molecule has 1 aliphatic rings. The van der Waals surface area contributed by atoms with Gasteiger partial charge in [-0.3, -0.25) is 0 Å². The Hall–Kier alpha value is -1.48. The van der Waals surface area contributed by atoms with E-state index in [2.05, 4.69) is 22.0 Å². The maximum Gasteiger partial charge on any atom is 0.196 e. The third kappa shape index (κ3) is 2.47. The molecule has 19 heavy (non-hydrogen) atoms. The molecule has 0 bridgehead atoms.